The number of rotatable bonds is 4. The lowest BCUT2D eigenvalue weighted by Crippen LogP contribution is -2.63. The number of halogens is 3. The Morgan fingerprint density at radius 3 is 2.37 bits per heavy atom. The van der Waals surface area contributed by atoms with Crippen molar-refractivity contribution in [3.8, 4) is 0 Å². The third-order valence-electron chi connectivity index (χ3n) is 5.23. The molecule has 1 heterocycles. The van der Waals surface area contributed by atoms with Gasteiger partial charge in [-0.25, -0.2) is 0 Å². The fraction of sp³-hybridized carbons (Fsp3) is 0.556. The van der Waals surface area contributed by atoms with Crippen LogP contribution in [0.2, 0.25) is 0 Å². The van der Waals surface area contributed by atoms with Gasteiger partial charge in [-0.1, -0.05) is 12.1 Å². The molecule has 0 unspecified atom stereocenters. The van der Waals surface area contributed by atoms with E-state index in [-0.39, 0.29) is 5.54 Å². The van der Waals surface area contributed by atoms with Gasteiger partial charge in [-0.15, -0.1) is 0 Å². The van der Waals surface area contributed by atoms with Crippen LogP contribution >= 0.6 is 0 Å². The van der Waals surface area contributed by atoms with E-state index >= 15 is 0 Å². The second kappa shape index (κ2) is 7.85. The first-order valence-corrected chi connectivity index (χ1v) is 8.90. The van der Waals surface area contributed by atoms with E-state index in [1.165, 1.54) is 12.1 Å². The number of nitrogens with zero attached hydrogens (tertiary/aromatic N) is 1. The topological polar surface area (TPSA) is 70.7 Å². The Morgan fingerprint density at radius 2 is 1.78 bits per heavy atom. The van der Waals surface area contributed by atoms with Gasteiger partial charge in [0, 0.05) is 25.2 Å². The molecule has 6 nitrogen and oxygen atoms in total. The molecule has 0 atom stereocenters. The Hall–Kier alpha value is -2.13. The monoisotopic (exact) mass is 385 g/mol. The molecule has 2 aliphatic rings. The Kier molecular flexibility index (Phi) is 5.71. The number of hydrogen-bond donors (Lipinski definition) is 2. The summed E-state index contributed by atoms with van der Waals surface area (Å²) in [6.07, 6.45) is -1.76. The molecule has 148 valence electrons. The van der Waals surface area contributed by atoms with Gasteiger partial charge in [-0.05, 0) is 31.4 Å². The van der Waals surface area contributed by atoms with Gasteiger partial charge in [-0.2, -0.15) is 13.2 Å². The maximum atomic E-state index is 13.0. The molecule has 1 aromatic carbocycles. The smallest absolute Gasteiger partial charge is 0.379 e. The summed E-state index contributed by atoms with van der Waals surface area (Å²) in [5, 5.41) is 4.65. The number of alkyl halides is 3. The van der Waals surface area contributed by atoms with Crippen molar-refractivity contribution in [3.63, 3.8) is 0 Å². The fourth-order valence-corrected chi connectivity index (χ4v) is 3.57. The van der Waals surface area contributed by atoms with Gasteiger partial charge in [0.25, 0.3) is 0 Å². The Bertz CT molecular complexity index is 699. The molecule has 1 saturated carbocycles. The quantitative estimate of drug-likeness (QED) is 0.778. The van der Waals surface area contributed by atoms with E-state index in [9.17, 15) is 22.8 Å². The van der Waals surface area contributed by atoms with Crippen LogP contribution in [0.1, 0.15) is 24.8 Å². The van der Waals surface area contributed by atoms with Crippen molar-refractivity contribution in [2.24, 2.45) is 0 Å². The summed E-state index contributed by atoms with van der Waals surface area (Å²) in [5.74, 6) is -2.05. The van der Waals surface area contributed by atoms with Crippen LogP contribution in [0.4, 0.5) is 18.9 Å². The van der Waals surface area contributed by atoms with Gasteiger partial charge < -0.3 is 15.4 Å². The molecule has 1 saturated heterocycles. The van der Waals surface area contributed by atoms with Gasteiger partial charge >= 0.3 is 18.0 Å². The number of morpholine rings is 1. The number of benzene rings is 1. The highest BCUT2D eigenvalue weighted by Gasteiger charge is 2.43. The van der Waals surface area contributed by atoms with Crippen molar-refractivity contribution in [2.75, 3.05) is 38.2 Å². The maximum Gasteiger partial charge on any atom is 0.418 e. The van der Waals surface area contributed by atoms with Crippen molar-refractivity contribution in [2.45, 2.75) is 31.0 Å². The molecule has 0 aromatic heterocycles. The summed E-state index contributed by atoms with van der Waals surface area (Å²) >= 11 is 0. The fourth-order valence-electron chi connectivity index (χ4n) is 3.57. The van der Waals surface area contributed by atoms with Crippen molar-refractivity contribution in [3.05, 3.63) is 29.8 Å². The first kappa shape index (κ1) is 19.6. The molecular weight excluding hydrogens is 363 g/mol. The summed E-state index contributed by atoms with van der Waals surface area (Å²) in [4.78, 5) is 26.5. The molecule has 1 aromatic rings. The lowest BCUT2D eigenvalue weighted by atomic mass is 9.75. The summed E-state index contributed by atoms with van der Waals surface area (Å²) in [5.41, 5.74) is -1.62. The number of nitrogens with one attached hydrogen (secondary N) is 2. The predicted molar refractivity (Wildman–Crippen MR) is 92.1 cm³/mol. The lowest BCUT2D eigenvalue weighted by Gasteiger charge is -2.51. The number of carbonyl (C=O) groups is 2. The minimum absolute atomic E-state index is 0.191. The number of carbonyl (C=O) groups excluding carboxylic acids is 2. The van der Waals surface area contributed by atoms with E-state index in [0.717, 1.165) is 44.5 Å². The van der Waals surface area contributed by atoms with Crippen LogP contribution in [0.25, 0.3) is 0 Å². The molecule has 1 aliphatic heterocycles. The molecule has 2 amide bonds. The number of amides is 2. The number of para-hydroxylation sites is 1. The molecule has 1 aliphatic carbocycles. The minimum Gasteiger partial charge on any atom is -0.379 e. The normalized spacial score (nSPS) is 19.8. The number of ether oxygens (including phenoxy) is 1. The van der Waals surface area contributed by atoms with Gasteiger partial charge in [0.15, 0.2) is 0 Å². The second-order valence-electron chi connectivity index (χ2n) is 6.86. The van der Waals surface area contributed by atoms with E-state index < -0.39 is 29.2 Å². The van der Waals surface area contributed by atoms with Gasteiger partial charge in [0.1, 0.15) is 0 Å². The van der Waals surface area contributed by atoms with E-state index in [1.807, 2.05) is 0 Å². The zero-order valence-corrected chi connectivity index (χ0v) is 14.8. The van der Waals surface area contributed by atoms with Crippen molar-refractivity contribution >= 4 is 17.5 Å². The molecule has 2 fully saturated rings. The van der Waals surface area contributed by atoms with Crippen LogP contribution in [0.5, 0.6) is 0 Å². The molecule has 0 radical (unpaired) electrons. The molecule has 2 N–H and O–H groups in total. The Morgan fingerprint density at radius 1 is 1.11 bits per heavy atom. The summed E-state index contributed by atoms with van der Waals surface area (Å²) in [6, 6.07) is 4.57. The Balaban J connectivity index is 1.59. The molecule has 0 bridgehead atoms. The van der Waals surface area contributed by atoms with E-state index in [2.05, 4.69) is 15.5 Å². The first-order valence-electron chi connectivity index (χ1n) is 8.90. The minimum atomic E-state index is -4.62. The standard InChI is InChI=1S/C18H22F3N3O3/c19-18(20,21)13-4-1-2-5-14(13)23-16(26)15(25)22-12-17(6-3-7-17)24-8-10-27-11-9-24/h1-2,4-5H,3,6-12H2,(H,22,25)(H,23,26). The third-order valence-corrected chi connectivity index (χ3v) is 5.23. The second-order valence-corrected chi connectivity index (χ2v) is 6.86. The maximum absolute atomic E-state index is 13.0. The number of hydrogen-bond acceptors (Lipinski definition) is 4. The zero-order chi connectivity index (χ0) is 19.5. The average Bonchev–Trinajstić information content (AvgIpc) is 2.61. The first-order chi connectivity index (χ1) is 12.8. The van der Waals surface area contributed by atoms with E-state index in [1.54, 1.807) is 0 Å². The molecule has 0 spiro atoms. The van der Waals surface area contributed by atoms with Gasteiger partial charge in [0.05, 0.1) is 24.5 Å². The van der Waals surface area contributed by atoms with Crippen molar-refractivity contribution in [1.29, 1.82) is 0 Å². The summed E-state index contributed by atoms with van der Waals surface area (Å²) < 4.78 is 44.3. The van der Waals surface area contributed by atoms with Crippen LogP contribution in [0.15, 0.2) is 24.3 Å². The van der Waals surface area contributed by atoms with E-state index in [4.69, 9.17) is 4.74 Å². The van der Waals surface area contributed by atoms with Crippen LogP contribution in [0, 0.1) is 0 Å². The van der Waals surface area contributed by atoms with Crippen molar-refractivity contribution < 1.29 is 27.5 Å². The molecular formula is C18H22F3N3O3. The lowest BCUT2D eigenvalue weighted by molar-refractivity contribution is -0.138. The van der Waals surface area contributed by atoms with E-state index in [0.29, 0.717) is 19.8 Å². The summed E-state index contributed by atoms with van der Waals surface area (Å²) in [7, 11) is 0. The van der Waals surface area contributed by atoms with Gasteiger partial charge in [0.2, 0.25) is 0 Å². The highest BCUT2D eigenvalue weighted by atomic mass is 19.4. The molecule has 3 rings (SSSR count). The largest absolute Gasteiger partial charge is 0.418 e. The highest BCUT2D eigenvalue weighted by Crippen LogP contribution is 2.37. The third kappa shape index (κ3) is 4.41. The zero-order valence-electron chi connectivity index (χ0n) is 14.8. The van der Waals surface area contributed by atoms with Crippen LogP contribution in [-0.2, 0) is 20.5 Å². The SMILES string of the molecule is O=C(NCC1(N2CCOCC2)CCC1)C(=O)Nc1ccccc1C(F)(F)F. The van der Waals surface area contributed by atoms with Gasteiger partial charge in [-0.3, -0.25) is 14.5 Å². The molecule has 27 heavy (non-hydrogen) atoms. The average molecular weight is 385 g/mol. The van der Waals surface area contributed by atoms with Crippen LogP contribution < -0.4 is 10.6 Å². The highest BCUT2D eigenvalue weighted by molar-refractivity contribution is 6.39. The summed E-state index contributed by atoms with van der Waals surface area (Å²) in [6.45, 7) is 3.08. The van der Waals surface area contributed by atoms with Crippen molar-refractivity contribution in [1.82, 2.24) is 10.2 Å². The van der Waals surface area contributed by atoms with Crippen LogP contribution in [-0.4, -0.2) is 55.1 Å². The Labute approximate surface area is 155 Å². The predicted octanol–water partition coefficient (Wildman–Crippen LogP) is 2.01. The molecule has 9 heteroatoms. The number of anilines is 1. The van der Waals surface area contributed by atoms with Crippen LogP contribution in [0.3, 0.4) is 0 Å².